The van der Waals surface area contributed by atoms with Crippen LogP contribution in [0.2, 0.25) is 0 Å². The molecule has 59 heavy (non-hydrogen) atoms. The predicted molar refractivity (Wildman–Crippen MR) is 195 cm³/mol. The first-order valence-electron chi connectivity index (χ1n) is 15.1. The average Bonchev–Trinajstić information content (AvgIpc) is 3.08. The summed E-state index contributed by atoms with van der Waals surface area (Å²) in [4.78, 5) is 1.99. The molecule has 0 unspecified atom stereocenters. The van der Waals surface area contributed by atoms with Gasteiger partial charge in [0.05, 0.1) is 22.9 Å². The Morgan fingerprint density at radius 2 is 1.29 bits per heavy atom. The van der Waals surface area contributed by atoms with Crippen molar-refractivity contribution in [2.24, 2.45) is 20.5 Å². The molecule has 0 saturated carbocycles. The molecule has 0 aliphatic carbocycles. The normalized spacial score (nSPS) is 13.1. The highest BCUT2D eigenvalue weighted by Crippen LogP contribution is 2.46. The third-order valence-corrected chi connectivity index (χ3v) is 12.2. The van der Waals surface area contributed by atoms with E-state index in [1.165, 1.54) is 0 Å². The Kier molecular flexibility index (Phi) is 12.1. The number of phenolic OH excluding ortho intramolecular Hbond substituents is 1. The first kappa shape index (κ1) is 44.3. The minimum Gasteiger partial charge on any atom is -0.505 e. The molecule has 31 heteroatoms. The highest BCUT2D eigenvalue weighted by Gasteiger charge is 2.26. The zero-order chi connectivity index (χ0) is 43.9. The van der Waals surface area contributed by atoms with Crippen molar-refractivity contribution >= 4 is 101 Å². The van der Waals surface area contributed by atoms with Gasteiger partial charge >= 0.3 is 16.5 Å². The van der Waals surface area contributed by atoms with Gasteiger partial charge in [-0.3, -0.25) is 18.2 Å². The number of fused-ring (bicyclic) bond motifs is 1. The maximum absolute atomic E-state index is 13.6. The molecule has 0 aliphatic heterocycles. The van der Waals surface area contributed by atoms with Gasteiger partial charge in [-0.25, -0.2) is 12.6 Å². The highest BCUT2D eigenvalue weighted by atomic mass is 32.3. The highest BCUT2D eigenvalue weighted by molar-refractivity contribution is 7.91. The predicted octanol–water partition coefficient (Wildman–Crippen LogP) is 4.10. The van der Waals surface area contributed by atoms with Crippen molar-refractivity contribution in [2.75, 3.05) is 23.4 Å². The van der Waals surface area contributed by atoms with Crippen molar-refractivity contribution in [3.05, 3.63) is 72.7 Å². The Morgan fingerprint density at radius 1 is 0.661 bits per heavy atom. The van der Waals surface area contributed by atoms with Gasteiger partial charge in [-0.1, -0.05) is 0 Å². The molecule has 5 rings (SSSR count). The number of nitrogens with zero attached hydrogens (tertiary/aromatic N) is 6. The zero-order valence-electron chi connectivity index (χ0n) is 28.5. The Morgan fingerprint density at radius 3 is 1.90 bits per heavy atom. The second-order valence-electron chi connectivity index (χ2n) is 11.3. The molecule has 24 nitrogen and oxygen atoms in total. The van der Waals surface area contributed by atoms with Gasteiger partial charge in [0, 0.05) is 22.5 Å². The first-order chi connectivity index (χ1) is 27.1. The monoisotopic (exact) mass is 924 g/mol. The van der Waals surface area contributed by atoms with Crippen LogP contribution in [0.5, 0.6) is 5.75 Å². The molecule has 0 saturated heterocycles. The number of aromatic hydroxyl groups is 1. The number of hydrogen-bond donors (Lipinski definition) is 7. The van der Waals surface area contributed by atoms with E-state index in [0.29, 0.717) is 18.2 Å². The van der Waals surface area contributed by atoms with E-state index < -0.39 is 134 Å². The standard InChI is InChI=1S/C28H22F2N8O16S5/c29-23-12-24(34-28(30)33-23)32-13-1-6-20(56(42,43)44)19(9-13)36-38-26-22(58(48,49)50)11-16-15(27(26)39)3-4-17(31)25(16)37-35-18-5-2-14(10-21(18)57(45,46)47)55(40,41)8-7-54-59(51,52)53/h1-6,9-12,39H,7-8,31H2,(H,32,33,34)(H,42,43,44)(H,45,46,47)(H,48,49,50)(H,51,52,53). The van der Waals surface area contributed by atoms with Gasteiger partial charge in [-0.05, 0) is 54.6 Å². The number of azo groups is 2. The third-order valence-electron chi connectivity index (χ3n) is 7.36. The molecule has 1 aromatic heterocycles. The molecule has 5 aromatic rings. The number of hydrogen-bond acceptors (Lipinski definition) is 20. The number of halogens is 2. The fourth-order valence-corrected chi connectivity index (χ4v) is 8.36. The van der Waals surface area contributed by atoms with Crippen molar-refractivity contribution < 1.29 is 78.4 Å². The fourth-order valence-electron chi connectivity index (χ4n) is 4.87. The van der Waals surface area contributed by atoms with E-state index in [2.05, 4.69) is 39.9 Å². The van der Waals surface area contributed by atoms with E-state index in [9.17, 15) is 69.6 Å². The number of anilines is 3. The van der Waals surface area contributed by atoms with Gasteiger partial charge < -0.3 is 16.2 Å². The molecule has 0 amide bonds. The molecular weight excluding hydrogens is 903 g/mol. The van der Waals surface area contributed by atoms with E-state index in [1.807, 2.05) is 0 Å². The van der Waals surface area contributed by atoms with Gasteiger partial charge in [0.2, 0.25) is 5.95 Å². The van der Waals surface area contributed by atoms with Gasteiger partial charge in [0.1, 0.15) is 43.3 Å². The third kappa shape index (κ3) is 10.7. The van der Waals surface area contributed by atoms with E-state index in [-0.39, 0.29) is 16.8 Å². The molecule has 1 heterocycles. The van der Waals surface area contributed by atoms with Crippen molar-refractivity contribution in [1.82, 2.24) is 9.97 Å². The Hall–Kier alpha value is -5.77. The maximum atomic E-state index is 13.6. The summed E-state index contributed by atoms with van der Waals surface area (Å²) in [6.07, 6.45) is -1.48. The smallest absolute Gasteiger partial charge is 0.397 e. The number of nitrogens with one attached hydrogen (secondary N) is 1. The fraction of sp³-hybridized carbons (Fsp3) is 0.0714. The first-order valence-corrected chi connectivity index (χ1v) is 22.4. The van der Waals surface area contributed by atoms with Gasteiger partial charge in [0.25, 0.3) is 30.4 Å². The summed E-state index contributed by atoms with van der Waals surface area (Å²) < 4.78 is 190. The van der Waals surface area contributed by atoms with Gasteiger partial charge in [-0.15, -0.1) is 20.5 Å². The van der Waals surface area contributed by atoms with Crippen LogP contribution in [0.15, 0.2) is 101 Å². The van der Waals surface area contributed by atoms with Crippen molar-refractivity contribution in [3.63, 3.8) is 0 Å². The molecule has 0 aliphatic rings. The van der Waals surface area contributed by atoms with Crippen LogP contribution in [0, 0.1) is 12.0 Å². The molecule has 0 spiro atoms. The second kappa shape index (κ2) is 16.1. The Balaban J connectivity index is 1.62. The Labute approximate surface area is 330 Å². The van der Waals surface area contributed by atoms with Crippen molar-refractivity contribution in [2.45, 2.75) is 19.6 Å². The number of benzene rings is 4. The lowest BCUT2D eigenvalue weighted by atomic mass is 10.1. The summed E-state index contributed by atoms with van der Waals surface area (Å²) in [6, 6.07) is 7.97. The summed E-state index contributed by atoms with van der Waals surface area (Å²) in [7, 11) is -25.4. The lowest BCUT2D eigenvalue weighted by Crippen LogP contribution is -2.16. The maximum Gasteiger partial charge on any atom is 0.397 e. The Bertz CT molecular complexity index is 3170. The van der Waals surface area contributed by atoms with E-state index in [1.54, 1.807) is 0 Å². The SMILES string of the molecule is Nc1ccc2c(O)c(N=Nc3cc(Nc4cc(F)nc(F)n4)ccc3S(=O)(=O)O)c(S(=O)(=O)O)cc2c1N=Nc1ccc(S(=O)(=O)CCOS(=O)(=O)O)cc1S(=O)(=O)O. The summed E-state index contributed by atoms with van der Waals surface area (Å²) in [5.74, 6) is -3.93. The number of nitrogen functional groups attached to an aromatic ring is 1. The van der Waals surface area contributed by atoms with Gasteiger partial charge in [-0.2, -0.15) is 52.4 Å². The number of phenols is 1. The summed E-state index contributed by atoms with van der Waals surface area (Å²) in [6.45, 7) is -1.08. The van der Waals surface area contributed by atoms with Crippen LogP contribution in [0.4, 0.5) is 48.7 Å². The topological polar surface area (TPSA) is 394 Å². The lowest BCUT2D eigenvalue weighted by molar-refractivity contribution is 0.284. The van der Waals surface area contributed by atoms with Crippen molar-refractivity contribution in [1.29, 1.82) is 0 Å². The van der Waals surface area contributed by atoms with Crippen LogP contribution >= 0.6 is 0 Å². The van der Waals surface area contributed by atoms with E-state index in [0.717, 1.165) is 42.5 Å². The molecule has 8 N–H and O–H groups in total. The average molecular weight is 925 g/mol. The molecule has 0 atom stereocenters. The van der Waals surface area contributed by atoms with E-state index >= 15 is 0 Å². The minimum atomic E-state index is -5.42. The molecule has 4 aromatic carbocycles. The largest absolute Gasteiger partial charge is 0.505 e. The van der Waals surface area contributed by atoms with Crippen LogP contribution in [0.3, 0.4) is 0 Å². The molecule has 0 bridgehead atoms. The summed E-state index contributed by atoms with van der Waals surface area (Å²) in [5, 5.41) is 27.5. The summed E-state index contributed by atoms with van der Waals surface area (Å²) >= 11 is 0. The van der Waals surface area contributed by atoms with Crippen LogP contribution in [-0.2, 0) is 54.8 Å². The lowest BCUT2D eigenvalue weighted by Gasteiger charge is -2.12. The molecular formula is C28H22F2N8O16S5. The van der Waals surface area contributed by atoms with Crippen LogP contribution in [-0.4, -0.2) is 87.7 Å². The van der Waals surface area contributed by atoms with Crippen molar-refractivity contribution in [3.8, 4) is 5.75 Å². The van der Waals surface area contributed by atoms with Gasteiger partial charge in [0.15, 0.2) is 15.6 Å². The molecule has 0 fully saturated rings. The van der Waals surface area contributed by atoms with Crippen LogP contribution < -0.4 is 11.1 Å². The molecule has 0 radical (unpaired) electrons. The number of aromatic nitrogens is 2. The second-order valence-corrected chi connectivity index (χ2v) is 18.7. The quantitative estimate of drug-likeness (QED) is 0.0271. The van der Waals surface area contributed by atoms with E-state index in [4.69, 9.17) is 10.3 Å². The number of rotatable bonds is 14. The summed E-state index contributed by atoms with van der Waals surface area (Å²) in [5.41, 5.74) is 2.41. The minimum absolute atomic E-state index is 0.175. The zero-order valence-corrected chi connectivity index (χ0v) is 32.6. The molecule has 314 valence electrons. The number of sulfone groups is 1. The van der Waals surface area contributed by atoms with Crippen LogP contribution in [0.1, 0.15) is 0 Å². The number of nitrogens with two attached hydrogens (primary N) is 1. The van der Waals surface area contributed by atoms with Crippen LogP contribution in [0.25, 0.3) is 10.8 Å².